The fraction of sp³-hybridized carbons (Fsp3) is 0.889. The number of rotatable bonds is 2. The van der Waals surface area contributed by atoms with E-state index in [1.807, 2.05) is 13.8 Å². The van der Waals surface area contributed by atoms with E-state index in [4.69, 9.17) is 4.74 Å². The average Bonchev–Trinajstić information content (AvgIpc) is 2.50. The van der Waals surface area contributed by atoms with Gasteiger partial charge in [-0.3, -0.25) is 0 Å². The Hall–Kier alpha value is -0.770. The molecule has 0 radical (unpaired) electrons. The van der Waals surface area contributed by atoms with E-state index in [1.54, 1.807) is 4.90 Å². The molecule has 0 aliphatic carbocycles. The largest absolute Gasteiger partial charge is 0.453 e. The van der Waals surface area contributed by atoms with Crippen molar-refractivity contribution in [3.63, 3.8) is 0 Å². The van der Waals surface area contributed by atoms with Crippen LogP contribution >= 0.6 is 0 Å². The standard InChI is InChI=1S/C9H17NO3/c1-7(2)13-8-4-5-10(6-8)9(11)12-3/h7-8H,4-6H2,1-3H3/t8-/m0/s1. The summed E-state index contributed by atoms with van der Waals surface area (Å²) < 4.78 is 10.2. The summed E-state index contributed by atoms with van der Waals surface area (Å²) in [6.45, 7) is 5.40. The maximum Gasteiger partial charge on any atom is 0.409 e. The molecule has 0 spiro atoms. The Bertz CT molecular complexity index is 182. The van der Waals surface area contributed by atoms with Gasteiger partial charge < -0.3 is 14.4 Å². The Kier molecular flexibility index (Phi) is 3.54. The molecule has 1 heterocycles. The van der Waals surface area contributed by atoms with Crippen molar-refractivity contribution in [1.29, 1.82) is 0 Å². The van der Waals surface area contributed by atoms with Gasteiger partial charge in [-0.15, -0.1) is 0 Å². The van der Waals surface area contributed by atoms with Gasteiger partial charge in [0.25, 0.3) is 0 Å². The van der Waals surface area contributed by atoms with E-state index in [0.29, 0.717) is 6.54 Å². The van der Waals surface area contributed by atoms with Crippen LogP contribution in [-0.4, -0.2) is 43.4 Å². The van der Waals surface area contributed by atoms with Crippen molar-refractivity contribution < 1.29 is 14.3 Å². The number of carbonyl (C=O) groups excluding carboxylic acids is 1. The Morgan fingerprint density at radius 1 is 1.54 bits per heavy atom. The molecule has 13 heavy (non-hydrogen) atoms. The van der Waals surface area contributed by atoms with Gasteiger partial charge >= 0.3 is 6.09 Å². The van der Waals surface area contributed by atoms with Crippen molar-refractivity contribution in [3.8, 4) is 0 Å². The number of ether oxygens (including phenoxy) is 2. The van der Waals surface area contributed by atoms with Crippen LogP contribution in [0.3, 0.4) is 0 Å². The number of carbonyl (C=O) groups is 1. The molecule has 4 heteroatoms. The molecular weight excluding hydrogens is 170 g/mol. The second-order valence-corrected chi connectivity index (χ2v) is 3.51. The quantitative estimate of drug-likeness (QED) is 0.653. The molecule has 1 aliphatic heterocycles. The van der Waals surface area contributed by atoms with Crippen LogP contribution in [0.1, 0.15) is 20.3 Å². The highest BCUT2D eigenvalue weighted by Gasteiger charge is 2.27. The fourth-order valence-corrected chi connectivity index (χ4v) is 1.52. The van der Waals surface area contributed by atoms with Gasteiger partial charge in [-0.05, 0) is 20.3 Å². The van der Waals surface area contributed by atoms with Gasteiger partial charge in [-0.1, -0.05) is 0 Å². The molecule has 0 aromatic heterocycles. The monoisotopic (exact) mass is 187 g/mol. The van der Waals surface area contributed by atoms with Crippen LogP contribution in [0.4, 0.5) is 4.79 Å². The lowest BCUT2D eigenvalue weighted by molar-refractivity contribution is 0.0139. The maximum atomic E-state index is 11.1. The highest BCUT2D eigenvalue weighted by atomic mass is 16.5. The predicted octanol–water partition coefficient (Wildman–Crippen LogP) is 1.25. The Morgan fingerprint density at radius 3 is 2.77 bits per heavy atom. The zero-order valence-electron chi connectivity index (χ0n) is 8.45. The minimum absolute atomic E-state index is 0.180. The summed E-state index contributed by atoms with van der Waals surface area (Å²) in [7, 11) is 1.40. The SMILES string of the molecule is COC(=O)N1CC[C@H](OC(C)C)C1. The highest BCUT2D eigenvalue weighted by molar-refractivity contribution is 5.67. The molecule has 0 bridgehead atoms. The van der Waals surface area contributed by atoms with Crippen molar-refractivity contribution in [2.24, 2.45) is 0 Å². The van der Waals surface area contributed by atoms with Gasteiger partial charge in [0.15, 0.2) is 0 Å². The van der Waals surface area contributed by atoms with Crippen molar-refractivity contribution in [2.75, 3.05) is 20.2 Å². The first-order chi connectivity index (χ1) is 6.13. The van der Waals surface area contributed by atoms with E-state index >= 15 is 0 Å². The molecule has 76 valence electrons. The number of amides is 1. The van der Waals surface area contributed by atoms with Crippen LogP contribution in [0.2, 0.25) is 0 Å². The van der Waals surface area contributed by atoms with Crippen LogP contribution in [0.15, 0.2) is 0 Å². The second-order valence-electron chi connectivity index (χ2n) is 3.51. The summed E-state index contributed by atoms with van der Waals surface area (Å²) in [5.74, 6) is 0. The van der Waals surface area contributed by atoms with Crippen molar-refractivity contribution in [3.05, 3.63) is 0 Å². The summed E-state index contributed by atoms with van der Waals surface area (Å²) in [6, 6.07) is 0. The van der Waals surface area contributed by atoms with Gasteiger partial charge in [0.05, 0.1) is 25.9 Å². The van der Waals surface area contributed by atoms with Gasteiger partial charge in [-0.2, -0.15) is 0 Å². The molecule has 0 aromatic rings. The topological polar surface area (TPSA) is 38.8 Å². The summed E-state index contributed by atoms with van der Waals surface area (Å²) in [4.78, 5) is 12.8. The average molecular weight is 187 g/mol. The normalized spacial score (nSPS) is 22.5. The summed E-state index contributed by atoms with van der Waals surface area (Å²) >= 11 is 0. The highest BCUT2D eigenvalue weighted by Crippen LogP contribution is 2.14. The lowest BCUT2D eigenvalue weighted by Crippen LogP contribution is -2.30. The molecule has 0 aromatic carbocycles. The van der Waals surface area contributed by atoms with Crippen LogP contribution in [0.25, 0.3) is 0 Å². The molecule has 0 unspecified atom stereocenters. The van der Waals surface area contributed by atoms with Gasteiger partial charge in [0.1, 0.15) is 0 Å². The minimum atomic E-state index is -0.255. The second kappa shape index (κ2) is 4.46. The summed E-state index contributed by atoms with van der Waals surface area (Å²) in [5.41, 5.74) is 0. The van der Waals surface area contributed by atoms with E-state index < -0.39 is 0 Å². The number of hydrogen-bond donors (Lipinski definition) is 0. The first kappa shape index (κ1) is 10.3. The molecule has 0 saturated carbocycles. The lowest BCUT2D eigenvalue weighted by Gasteiger charge is -2.16. The van der Waals surface area contributed by atoms with E-state index in [2.05, 4.69) is 4.74 Å². The van der Waals surface area contributed by atoms with Gasteiger partial charge in [-0.25, -0.2) is 4.79 Å². The molecule has 1 aliphatic rings. The lowest BCUT2D eigenvalue weighted by atomic mass is 10.3. The smallest absolute Gasteiger partial charge is 0.409 e. The van der Waals surface area contributed by atoms with E-state index in [-0.39, 0.29) is 18.3 Å². The van der Waals surface area contributed by atoms with E-state index in [9.17, 15) is 4.79 Å². The first-order valence-corrected chi connectivity index (χ1v) is 4.62. The molecule has 1 amide bonds. The van der Waals surface area contributed by atoms with Gasteiger partial charge in [0, 0.05) is 6.54 Å². The minimum Gasteiger partial charge on any atom is -0.453 e. The van der Waals surface area contributed by atoms with Crippen molar-refractivity contribution >= 4 is 6.09 Å². The molecule has 4 nitrogen and oxygen atoms in total. The zero-order chi connectivity index (χ0) is 9.84. The number of nitrogens with zero attached hydrogens (tertiary/aromatic N) is 1. The molecule has 1 rings (SSSR count). The number of likely N-dealkylation sites (tertiary alicyclic amines) is 1. The first-order valence-electron chi connectivity index (χ1n) is 4.62. The summed E-state index contributed by atoms with van der Waals surface area (Å²) in [5, 5.41) is 0. The summed E-state index contributed by atoms with van der Waals surface area (Å²) in [6.07, 6.45) is 1.06. The van der Waals surface area contributed by atoms with Crippen LogP contribution < -0.4 is 0 Å². The number of methoxy groups -OCH3 is 1. The third-order valence-electron chi connectivity index (χ3n) is 2.04. The van der Waals surface area contributed by atoms with Crippen molar-refractivity contribution in [2.45, 2.75) is 32.5 Å². The fourth-order valence-electron chi connectivity index (χ4n) is 1.52. The zero-order valence-corrected chi connectivity index (χ0v) is 8.45. The maximum absolute atomic E-state index is 11.1. The van der Waals surface area contributed by atoms with E-state index in [1.165, 1.54) is 7.11 Å². The third-order valence-corrected chi connectivity index (χ3v) is 2.04. The van der Waals surface area contributed by atoms with Crippen LogP contribution in [0, 0.1) is 0 Å². The molecule has 1 atom stereocenters. The predicted molar refractivity (Wildman–Crippen MR) is 48.6 cm³/mol. The third kappa shape index (κ3) is 2.88. The number of hydrogen-bond acceptors (Lipinski definition) is 3. The van der Waals surface area contributed by atoms with Crippen LogP contribution in [0.5, 0.6) is 0 Å². The Morgan fingerprint density at radius 2 is 2.23 bits per heavy atom. The Labute approximate surface area is 78.8 Å². The molecular formula is C9H17NO3. The van der Waals surface area contributed by atoms with Crippen molar-refractivity contribution in [1.82, 2.24) is 4.90 Å². The molecule has 1 saturated heterocycles. The van der Waals surface area contributed by atoms with E-state index in [0.717, 1.165) is 13.0 Å². The van der Waals surface area contributed by atoms with Crippen LogP contribution in [-0.2, 0) is 9.47 Å². The molecule has 1 fully saturated rings. The Balaban J connectivity index is 2.32. The van der Waals surface area contributed by atoms with Gasteiger partial charge in [0.2, 0.25) is 0 Å². The molecule has 0 N–H and O–H groups in total.